The van der Waals surface area contributed by atoms with Gasteiger partial charge < -0.3 is 10.4 Å². The van der Waals surface area contributed by atoms with Crippen LogP contribution in [0.2, 0.25) is 0 Å². The summed E-state index contributed by atoms with van der Waals surface area (Å²) in [7, 11) is -3.68. The predicted molar refractivity (Wildman–Crippen MR) is 72.3 cm³/mol. The van der Waals surface area contributed by atoms with Gasteiger partial charge in [0.15, 0.2) is 0 Å². The number of carbonyl (C=O) groups excluding carboxylic acids is 1. The number of hydrogen-bond acceptors (Lipinski definition) is 5. The van der Waals surface area contributed by atoms with Gasteiger partial charge in [-0.25, -0.2) is 13.2 Å². The van der Waals surface area contributed by atoms with Crippen molar-refractivity contribution in [2.75, 3.05) is 13.1 Å². The van der Waals surface area contributed by atoms with Crippen LogP contribution in [0, 0.1) is 0 Å². The molecule has 2 heterocycles. The fraction of sp³-hybridized carbons (Fsp3) is 0.455. The van der Waals surface area contributed by atoms with Crippen molar-refractivity contribution in [3.05, 3.63) is 17.0 Å². The molecule has 0 aromatic carbocycles. The summed E-state index contributed by atoms with van der Waals surface area (Å²) in [6.07, 6.45) is 0.552. The Bertz CT molecular complexity index is 637. The summed E-state index contributed by atoms with van der Waals surface area (Å²) in [6, 6.07) is 0.967. The number of nitrogens with zero attached hydrogens (tertiary/aromatic N) is 1. The highest BCUT2D eigenvalue weighted by atomic mass is 32.2. The summed E-state index contributed by atoms with van der Waals surface area (Å²) in [5.74, 6) is -1.35. The van der Waals surface area contributed by atoms with Gasteiger partial charge in [0.2, 0.25) is 5.91 Å². The van der Waals surface area contributed by atoms with Crippen LogP contribution in [0.1, 0.15) is 23.7 Å². The van der Waals surface area contributed by atoms with Gasteiger partial charge in [0.25, 0.3) is 10.0 Å². The molecule has 0 saturated carbocycles. The zero-order valence-corrected chi connectivity index (χ0v) is 12.3. The van der Waals surface area contributed by atoms with Gasteiger partial charge >= 0.3 is 5.97 Å². The summed E-state index contributed by atoms with van der Waals surface area (Å²) in [4.78, 5) is 21.7. The third kappa shape index (κ3) is 3.00. The second-order valence-electron chi connectivity index (χ2n) is 4.51. The molecule has 1 unspecified atom stereocenters. The standard InChI is InChI=1S/C11H14N2O5S2/c1-7(14)12-9-2-3-13(5-9)20(17,18)10-4-8(6-19-10)11(15)16/h4,6,9H,2-3,5H2,1H3,(H,12,14)(H,15,16). The zero-order valence-electron chi connectivity index (χ0n) is 10.7. The third-order valence-electron chi connectivity index (χ3n) is 2.97. The lowest BCUT2D eigenvalue weighted by Crippen LogP contribution is -2.37. The largest absolute Gasteiger partial charge is 0.478 e. The van der Waals surface area contributed by atoms with Crippen LogP contribution in [0.25, 0.3) is 0 Å². The van der Waals surface area contributed by atoms with Crippen molar-refractivity contribution < 1.29 is 23.1 Å². The molecule has 1 amide bonds. The lowest BCUT2D eigenvalue weighted by atomic mass is 10.3. The molecular formula is C11H14N2O5S2. The van der Waals surface area contributed by atoms with Gasteiger partial charge in [0.05, 0.1) is 5.56 Å². The molecule has 1 atom stereocenters. The number of amides is 1. The van der Waals surface area contributed by atoms with Crippen molar-refractivity contribution >= 4 is 33.2 Å². The second kappa shape index (κ2) is 5.51. The summed E-state index contributed by atoms with van der Waals surface area (Å²) in [6.45, 7) is 1.91. The molecule has 110 valence electrons. The Morgan fingerprint density at radius 2 is 2.20 bits per heavy atom. The van der Waals surface area contributed by atoms with E-state index in [9.17, 15) is 18.0 Å². The number of nitrogens with one attached hydrogen (secondary N) is 1. The van der Waals surface area contributed by atoms with E-state index in [0.29, 0.717) is 13.0 Å². The quantitative estimate of drug-likeness (QED) is 0.833. The molecule has 0 bridgehead atoms. The Balaban J connectivity index is 2.15. The average Bonchev–Trinajstić information content (AvgIpc) is 2.95. The highest BCUT2D eigenvalue weighted by molar-refractivity contribution is 7.91. The van der Waals surface area contributed by atoms with E-state index in [4.69, 9.17) is 5.11 Å². The molecule has 0 spiro atoms. The number of thiophene rings is 1. The molecule has 1 aliphatic rings. The van der Waals surface area contributed by atoms with Crippen LogP contribution in [0.4, 0.5) is 0 Å². The van der Waals surface area contributed by atoms with E-state index < -0.39 is 16.0 Å². The molecular weight excluding hydrogens is 304 g/mol. The first-order valence-electron chi connectivity index (χ1n) is 5.90. The molecule has 0 radical (unpaired) electrons. The number of carbonyl (C=O) groups is 2. The van der Waals surface area contributed by atoms with Gasteiger partial charge in [-0.05, 0) is 12.5 Å². The Morgan fingerprint density at radius 1 is 1.50 bits per heavy atom. The van der Waals surface area contributed by atoms with Gasteiger partial charge in [-0.1, -0.05) is 0 Å². The minimum absolute atomic E-state index is 0.0124. The number of carboxylic acids is 1. The van der Waals surface area contributed by atoms with Crippen molar-refractivity contribution in [1.82, 2.24) is 9.62 Å². The van der Waals surface area contributed by atoms with E-state index in [0.717, 1.165) is 17.4 Å². The maximum atomic E-state index is 12.3. The molecule has 0 aliphatic carbocycles. The van der Waals surface area contributed by atoms with Crippen LogP contribution < -0.4 is 5.32 Å². The van der Waals surface area contributed by atoms with E-state index in [1.165, 1.54) is 16.6 Å². The number of aromatic carboxylic acids is 1. The monoisotopic (exact) mass is 318 g/mol. The van der Waals surface area contributed by atoms with Crippen molar-refractivity contribution in [3.8, 4) is 0 Å². The lowest BCUT2D eigenvalue weighted by Gasteiger charge is -2.15. The van der Waals surface area contributed by atoms with Crippen molar-refractivity contribution in [1.29, 1.82) is 0 Å². The number of carboxylic acid groups (broad SMARTS) is 1. The van der Waals surface area contributed by atoms with Gasteiger partial charge in [-0.2, -0.15) is 4.31 Å². The zero-order chi connectivity index (χ0) is 14.9. The molecule has 1 aliphatic heterocycles. The fourth-order valence-corrected chi connectivity index (χ4v) is 4.85. The predicted octanol–water partition coefficient (Wildman–Crippen LogP) is 0.345. The summed E-state index contributed by atoms with van der Waals surface area (Å²) in [5.41, 5.74) is -0.0359. The normalized spacial score (nSPS) is 19.9. The molecule has 1 saturated heterocycles. The molecule has 2 rings (SSSR count). The number of rotatable bonds is 4. The second-order valence-corrected chi connectivity index (χ2v) is 7.58. The molecule has 2 N–H and O–H groups in total. The van der Waals surface area contributed by atoms with E-state index in [2.05, 4.69) is 5.32 Å². The van der Waals surface area contributed by atoms with Crippen LogP contribution in [-0.4, -0.2) is 48.8 Å². The van der Waals surface area contributed by atoms with Crippen LogP contribution in [0.5, 0.6) is 0 Å². The van der Waals surface area contributed by atoms with E-state index in [-0.39, 0.29) is 28.3 Å². The summed E-state index contributed by atoms with van der Waals surface area (Å²) < 4.78 is 25.9. The SMILES string of the molecule is CC(=O)NC1CCN(S(=O)(=O)c2cc(C(=O)O)cs2)C1. The smallest absolute Gasteiger partial charge is 0.336 e. The summed E-state index contributed by atoms with van der Waals surface area (Å²) >= 11 is 0.889. The molecule has 1 aromatic heterocycles. The highest BCUT2D eigenvalue weighted by Gasteiger charge is 2.34. The maximum absolute atomic E-state index is 12.3. The van der Waals surface area contributed by atoms with E-state index >= 15 is 0 Å². The Hall–Kier alpha value is -1.45. The average molecular weight is 318 g/mol. The first kappa shape index (κ1) is 14.9. The van der Waals surface area contributed by atoms with Crippen molar-refractivity contribution in [2.24, 2.45) is 0 Å². The molecule has 7 nitrogen and oxygen atoms in total. The van der Waals surface area contributed by atoms with Crippen LogP contribution >= 0.6 is 11.3 Å². The molecule has 1 fully saturated rings. The number of hydrogen-bond donors (Lipinski definition) is 2. The Morgan fingerprint density at radius 3 is 2.75 bits per heavy atom. The molecule has 1 aromatic rings. The van der Waals surface area contributed by atoms with Crippen LogP contribution in [0.15, 0.2) is 15.7 Å². The van der Waals surface area contributed by atoms with Crippen LogP contribution in [-0.2, 0) is 14.8 Å². The fourth-order valence-electron chi connectivity index (χ4n) is 2.04. The Kier molecular flexibility index (Phi) is 4.11. The lowest BCUT2D eigenvalue weighted by molar-refractivity contribution is -0.119. The third-order valence-corrected chi connectivity index (χ3v) is 6.26. The molecule has 9 heteroatoms. The van der Waals surface area contributed by atoms with Crippen molar-refractivity contribution in [2.45, 2.75) is 23.6 Å². The highest BCUT2D eigenvalue weighted by Crippen LogP contribution is 2.26. The van der Waals surface area contributed by atoms with Gasteiger partial charge in [-0.3, -0.25) is 4.79 Å². The van der Waals surface area contributed by atoms with E-state index in [1.54, 1.807) is 0 Å². The van der Waals surface area contributed by atoms with Crippen molar-refractivity contribution in [3.63, 3.8) is 0 Å². The van der Waals surface area contributed by atoms with E-state index in [1.807, 2.05) is 0 Å². The minimum Gasteiger partial charge on any atom is -0.478 e. The van der Waals surface area contributed by atoms with Gasteiger partial charge in [-0.15, -0.1) is 11.3 Å². The van der Waals surface area contributed by atoms with Gasteiger partial charge in [0, 0.05) is 31.4 Å². The first-order chi connectivity index (χ1) is 9.30. The topological polar surface area (TPSA) is 104 Å². The van der Waals surface area contributed by atoms with Crippen LogP contribution in [0.3, 0.4) is 0 Å². The molecule has 20 heavy (non-hydrogen) atoms. The number of sulfonamides is 1. The maximum Gasteiger partial charge on any atom is 0.336 e. The first-order valence-corrected chi connectivity index (χ1v) is 8.22. The minimum atomic E-state index is -3.68. The Labute approximate surface area is 120 Å². The summed E-state index contributed by atoms with van der Waals surface area (Å²) in [5, 5.41) is 12.8. The van der Waals surface area contributed by atoms with Gasteiger partial charge in [0.1, 0.15) is 4.21 Å².